The highest BCUT2D eigenvalue weighted by Gasteiger charge is 2.33. The molecule has 1 aromatic heterocycles. The van der Waals surface area contributed by atoms with Gasteiger partial charge in [0.25, 0.3) is 5.91 Å². The molecule has 4 rings (SSSR count). The molecule has 0 unspecified atom stereocenters. The molecule has 0 bridgehead atoms. The summed E-state index contributed by atoms with van der Waals surface area (Å²) < 4.78 is 29.0. The quantitative estimate of drug-likeness (QED) is 0.465. The number of primary sulfonamides is 1. The van der Waals surface area contributed by atoms with E-state index in [-0.39, 0.29) is 10.8 Å². The Balaban J connectivity index is 1.58. The maximum Gasteiger partial charge on any atom is 0.270 e. The van der Waals surface area contributed by atoms with Crippen molar-refractivity contribution in [1.82, 2.24) is 0 Å². The minimum Gasteiger partial charge on any atom is -0.457 e. The molecule has 2 aromatic carbocycles. The smallest absolute Gasteiger partial charge is 0.270 e. The molecule has 1 amide bonds. The molecule has 0 aliphatic carbocycles. The van der Waals surface area contributed by atoms with Crippen LogP contribution in [0.1, 0.15) is 11.3 Å². The molecule has 1 aliphatic rings. The maximum absolute atomic E-state index is 12.9. The van der Waals surface area contributed by atoms with Crippen molar-refractivity contribution in [2.45, 2.75) is 11.8 Å². The van der Waals surface area contributed by atoms with Gasteiger partial charge in [0.2, 0.25) is 10.0 Å². The highest BCUT2D eigenvalue weighted by Crippen LogP contribution is 2.36. The van der Waals surface area contributed by atoms with Gasteiger partial charge in [0.15, 0.2) is 4.32 Å². The van der Waals surface area contributed by atoms with Crippen LogP contribution in [0.5, 0.6) is 0 Å². The molecule has 3 aromatic rings. The van der Waals surface area contributed by atoms with E-state index < -0.39 is 10.0 Å². The van der Waals surface area contributed by atoms with Gasteiger partial charge in [-0.2, -0.15) is 0 Å². The number of hydrogen-bond donors (Lipinski definition) is 1. The Morgan fingerprint density at radius 1 is 1.10 bits per heavy atom. The summed E-state index contributed by atoms with van der Waals surface area (Å²) in [4.78, 5) is 14.9. The Kier molecular flexibility index (Phi) is 5.37. The summed E-state index contributed by atoms with van der Waals surface area (Å²) in [6, 6.07) is 17.1. The SMILES string of the molecule is Cc1cccc(N2C(=O)/C(=C\c3ccc(-c4ccc(S(N)(=O)=O)cc4)o3)SC2=S)c1. The number of hydrogen-bond acceptors (Lipinski definition) is 6. The number of nitrogens with two attached hydrogens (primary N) is 1. The zero-order valence-corrected chi connectivity index (χ0v) is 18.2. The molecule has 0 saturated carbocycles. The number of benzene rings is 2. The predicted molar refractivity (Wildman–Crippen MR) is 122 cm³/mol. The number of sulfonamides is 1. The highest BCUT2D eigenvalue weighted by atomic mass is 32.2. The molecule has 1 saturated heterocycles. The summed E-state index contributed by atoms with van der Waals surface area (Å²) in [6.45, 7) is 1.96. The lowest BCUT2D eigenvalue weighted by Crippen LogP contribution is -2.27. The van der Waals surface area contributed by atoms with E-state index in [1.165, 1.54) is 28.8 Å². The second-order valence-electron chi connectivity index (χ2n) is 6.63. The van der Waals surface area contributed by atoms with Gasteiger partial charge in [0, 0.05) is 11.6 Å². The fourth-order valence-corrected chi connectivity index (χ4v) is 4.78. The highest BCUT2D eigenvalue weighted by molar-refractivity contribution is 8.27. The van der Waals surface area contributed by atoms with Crippen LogP contribution in [0, 0.1) is 6.92 Å². The number of aryl methyl sites for hydroxylation is 1. The van der Waals surface area contributed by atoms with Gasteiger partial charge < -0.3 is 4.42 Å². The third kappa shape index (κ3) is 4.10. The lowest BCUT2D eigenvalue weighted by Gasteiger charge is -2.14. The zero-order chi connectivity index (χ0) is 21.5. The van der Waals surface area contributed by atoms with Gasteiger partial charge in [-0.1, -0.05) is 36.1 Å². The summed E-state index contributed by atoms with van der Waals surface area (Å²) in [7, 11) is -3.75. The van der Waals surface area contributed by atoms with E-state index in [9.17, 15) is 13.2 Å². The number of nitrogens with zero attached hydrogens (tertiary/aromatic N) is 1. The zero-order valence-electron chi connectivity index (χ0n) is 15.7. The van der Waals surface area contributed by atoms with Crippen molar-refractivity contribution in [3.05, 3.63) is 76.9 Å². The van der Waals surface area contributed by atoms with Crippen LogP contribution in [0.2, 0.25) is 0 Å². The van der Waals surface area contributed by atoms with Crippen LogP contribution in [0.4, 0.5) is 5.69 Å². The first kappa shape index (κ1) is 20.5. The Bertz CT molecular complexity index is 1290. The van der Waals surface area contributed by atoms with Crippen molar-refractivity contribution < 1.29 is 17.6 Å². The average Bonchev–Trinajstić information content (AvgIpc) is 3.26. The van der Waals surface area contributed by atoms with Crippen molar-refractivity contribution >= 4 is 56.0 Å². The molecule has 1 fully saturated rings. The van der Waals surface area contributed by atoms with E-state index in [0.29, 0.717) is 26.3 Å². The van der Waals surface area contributed by atoms with Crippen molar-refractivity contribution in [1.29, 1.82) is 0 Å². The Labute approximate surface area is 183 Å². The van der Waals surface area contributed by atoms with Gasteiger partial charge in [-0.15, -0.1) is 0 Å². The number of thiocarbonyl (C=S) groups is 1. The van der Waals surface area contributed by atoms with Crippen LogP contribution in [0.3, 0.4) is 0 Å². The Morgan fingerprint density at radius 3 is 2.50 bits per heavy atom. The molecule has 30 heavy (non-hydrogen) atoms. The first-order valence-corrected chi connectivity index (χ1v) is 11.6. The summed E-state index contributed by atoms with van der Waals surface area (Å²) in [5, 5.41) is 5.12. The number of furan rings is 1. The van der Waals surface area contributed by atoms with Crippen molar-refractivity contribution in [3.8, 4) is 11.3 Å². The lowest BCUT2D eigenvalue weighted by atomic mass is 10.2. The first-order valence-electron chi connectivity index (χ1n) is 8.80. The van der Waals surface area contributed by atoms with Crippen LogP contribution in [-0.4, -0.2) is 18.6 Å². The van der Waals surface area contributed by atoms with Gasteiger partial charge in [0.05, 0.1) is 15.5 Å². The van der Waals surface area contributed by atoms with E-state index in [1.807, 2.05) is 31.2 Å². The molecule has 0 atom stereocenters. The third-order valence-electron chi connectivity index (χ3n) is 4.42. The molecule has 0 spiro atoms. The van der Waals surface area contributed by atoms with E-state index in [0.717, 1.165) is 11.3 Å². The first-order chi connectivity index (χ1) is 14.2. The van der Waals surface area contributed by atoms with E-state index in [2.05, 4.69) is 0 Å². The second-order valence-corrected chi connectivity index (χ2v) is 9.86. The molecule has 1 aliphatic heterocycles. The van der Waals surface area contributed by atoms with E-state index in [4.69, 9.17) is 21.8 Å². The number of carbonyl (C=O) groups is 1. The number of anilines is 1. The second kappa shape index (κ2) is 7.84. The molecule has 0 radical (unpaired) electrons. The van der Waals surface area contributed by atoms with Crippen molar-refractivity contribution in [3.63, 3.8) is 0 Å². The normalized spacial score (nSPS) is 15.9. The minimum absolute atomic E-state index is 0.0258. The Hall–Kier alpha value is -2.72. The average molecular weight is 457 g/mol. The van der Waals surface area contributed by atoms with Gasteiger partial charge in [0.1, 0.15) is 11.5 Å². The number of rotatable bonds is 4. The molecule has 6 nitrogen and oxygen atoms in total. The van der Waals surface area contributed by atoms with Crippen molar-refractivity contribution in [2.24, 2.45) is 5.14 Å². The lowest BCUT2D eigenvalue weighted by molar-refractivity contribution is -0.113. The summed E-state index contributed by atoms with van der Waals surface area (Å²) in [5.74, 6) is 0.827. The van der Waals surface area contributed by atoms with Gasteiger partial charge >= 0.3 is 0 Å². The van der Waals surface area contributed by atoms with E-state index in [1.54, 1.807) is 30.3 Å². The summed E-state index contributed by atoms with van der Waals surface area (Å²) in [5.41, 5.74) is 2.46. The van der Waals surface area contributed by atoms with E-state index >= 15 is 0 Å². The van der Waals surface area contributed by atoms with Crippen LogP contribution in [0.15, 0.2) is 74.9 Å². The van der Waals surface area contributed by atoms with Crippen LogP contribution in [0.25, 0.3) is 17.4 Å². The number of thioether (sulfide) groups is 1. The number of amides is 1. The summed E-state index contributed by atoms with van der Waals surface area (Å²) >= 11 is 6.61. The van der Waals surface area contributed by atoms with Crippen LogP contribution >= 0.6 is 24.0 Å². The van der Waals surface area contributed by atoms with Crippen LogP contribution < -0.4 is 10.0 Å². The standard InChI is InChI=1S/C21H16N2O4S3/c1-13-3-2-4-15(11-13)23-20(24)19(29-21(23)28)12-16-7-10-18(27-16)14-5-8-17(9-6-14)30(22,25)26/h2-12H,1H3,(H2,22,25,26)/b19-12+. The topological polar surface area (TPSA) is 93.6 Å². The third-order valence-corrected chi connectivity index (χ3v) is 6.65. The minimum atomic E-state index is -3.75. The molecule has 9 heteroatoms. The van der Waals surface area contributed by atoms with Gasteiger partial charge in [-0.3, -0.25) is 9.69 Å². The molecule has 2 N–H and O–H groups in total. The van der Waals surface area contributed by atoms with Gasteiger partial charge in [-0.25, -0.2) is 13.6 Å². The predicted octanol–water partition coefficient (Wildman–Crippen LogP) is 4.31. The molecule has 152 valence electrons. The molecule has 2 heterocycles. The maximum atomic E-state index is 12.9. The molecular weight excluding hydrogens is 440 g/mol. The monoisotopic (exact) mass is 456 g/mol. The number of carbonyl (C=O) groups excluding carboxylic acids is 1. The van der Waals surface area contributed by atoms with Crippen LogP contribution in [-0.2, 0) is 14.8 Å². The summed E-state index contributed by atoms with van der Waals surface area (Å²) in [6.07, 6.45) is 1.65. The van der Waals surface area contributed by atoms with Gasteiger partial charge in [-0.05, 0) is 61.0 Å². The fourth-order valence-electron chi connectivity index (χ4n) is 2.98. The fraction of sp³-hybridized carbons (Fsp3) is 0.0476. The largest absolute Gasteiger partial charge is 0.457 e. The Morgan fingerprint density at radius 2 is 1.83 bits per heavy atom. The molecular formula is C21H16N2O4S3. The van der Waals surface area contributed by atoms with Crippen molar-refractivity contribution in [2.75, 3.05) is 4.90 Å².